The highest BCUT2D eigenvalue weighted by Gasteiger charge is 2.30. The second-order valence-electron chi connectivity index (χ2n) is 7.18. The van der Waals surface area contributed by atoms with E-state index in [9.17, 15) is 4.79 Å². The van der Waals surface area contributed by atoms with Crippen LogP contribution in [0.1, 0.15) is 40.9 Å². The number of hydrogen-bond donors (Lipinski definition) is 0. The Kier molecular flexibility index (Phi) is 5.17. The van der Waals surface area contributed by atoms with Crippen LogP contribution in [0.25, 0.3) is 0 Å². The Morgan fingerprint density at radius 2 is 1.96 bits per heavy atom. The van der Waals surface area contributed by atoms with Gasteiger partial charge in [0.1, 0.15) is 5.56 Å². The van der Waals surface area contributed by atoms with Crippen molar-refractivity contribution in [3.05, 3.63) is 22.9 Å². The lowest BCUT2D eigenvalue weighted by Gasteiger charge is -2.40. The van der Waals surface area contributed by atoms with Crippen molar-refractivity contribution in [1.82, 2.24) is 14.8 Å². The van der Waals surface area contributed by atoms with Gasteiger partial charge < -0.3 is 9.64 Å². The van der Waals surface area contributed by atoms with Crippen molar-refractivity contribution in [3.63, 3.8) is 0 Å². The van der Waals surface area contributed by atoms with E-state index in [1.54, 1.807) is 7.11 Å². The van der Waals surface area contributed by atoms with E-state index in [-0.39, 0.29) is 5.91 Å². The predicted octanol–water partition coefficient (Wildman–Crippen LogP) is 2.23. The first-order valence-corrected chi connectivity index (χ1v) is 10.6. The molecular weight excluding hydrogens is 334 g/mol. The van der Waals surface area contributed by atoms with Gasteiger partial charge in [-0.1, -0.05) is 0 Å². The van der Waals surface area contributed by atoms with Crippen LogP contribution in [0.4, 0.5) is 0 Å². The Balaban J connectivity index is 1.44. The van der Waals surface area contributed by atoms with Gasteiger partial charge in [-0.3, -0.25) is 9.69 Å². The third-order valence-corrected chi connectivity index (χ3v) is 6.70. The number of thioether (sulfide) groups is 1. The smallest absolute Gasteiger partial charge is 0.259 e. The lowest BCUT2D eigenvalue weighted by molar-refractivity contribution is 0.0627. The number of aromatic nitrogens is 1. The maximum absolute atomic E-state index is 13.1. The molecule has 5 nitrogen and oxygen atoms in total. The number of carbonyl (C=O) groups excluding carboxylic acids is 1. The summed E-state index contributed by atoms with van der Waals surface area (Å²) in [6.07, 6.45) is 5.32. The van der Waals surface area contributed by atoms with Gasteiger partial charge in [0.15, 0.2) is 0 Å². The van der Waals surface area contributed by atoms with Crippen LogP contribution in [0.5, 0.6) is 5.88 Å². The molecule has 0 aromatic carbocycles. The molecule has 1 aliphatic carbocycles. The molecule has 2 fully saturated rings. The lowest BCUT2D eigenvalue weighted by Crippen LogP contribution is -2.49. The number of methoxy groups -OCH3 is 1. The van der Waals surface area contributed by atoms with Crippen molar-refractivity contribution in [2.75, 3.05) is 44.8 Å². The van der Waals surface area contributed by atoms with Crippen molar-refractivity contribution in [2.45, 2.75) is 38.1 Å². The monoisotopic (exact) mass is 361 g/mol. The molecule has 1 aromatic heterocycles. The number of aryl methyl sites for hydroxylation is 2. The van der Waals surface area contributed by atoms with Crippen LogP contribution in [0.2, 0.25) is 0 Å². The number of pyridine rings is 1. The average molecular weight is 362 g/mol. The molecule has 3 heterocycles. The van der Waals surface area contributed by atoms with Gasteiger partial charge in [-0.15, -0.1) is 0 Å². The van der Waals surface area contributed by atoms with Crippen molar-refractivity contribution in [2.24, 2.45) is 0 Å². The first kappa shape index (κ1) is 17.2. The van der Waals surface area contributed by atoms with E-state index >= 15 is 0 Å². The largest absolute Gasteiger partial charge is 0.480 e. The van der Waals surface area contributed by atoms with Crippen molar-refractivity contribution < 1.29 is 9.53 Å². The highest BCUT2D eigenvalue weighted by Crippen LogP contribution is 2.29. The third-order valence-electron chi connectivity index (χ3n) is 5.75. The zero-order valence-electron chi connectivity index (χ0n) is 15.0. The minimum atomic E-state index is 0.0895. The topological polar surface area (TPSA) is 45.7 Å². The Hall–Kier alpha value is -1.27. The summed E-state index contributed by atoms with van der Waals surface area (Å²) in [5.74, 6) is 3.08. The number of hydrogen-bond acceptors (Lipinski definition) is 5. The summed E-state index contributed by atoms with van der Waals surface area (Å²) in [5.41, 5.74) is 2.98. The number of nitrogens with zero attached hydrogens (tertiary/aromatic N) is 3. The molecule has 0 radical (unpaired) electrons. The quantitative estimate of drug-likeness (QED) is 0.826. The van der Waals surface area contributed by atoms with Gasteiger partial charge >= 0.3 is 0 Å². The minimum absolute atomic E-state index is 0.0895. The fraction of sp³-hybridized carbons (Fsp3) is 0.684. The predicted molar refractivity (Wildman–Crippen MR) is 101 cm³/mol. The van der Waals surface area contributed by atoms with Crippen molar-refractivity contribution in [1.29, 1.82) is 0 Å². The zero-order chi connectivity index (χ0) is 17.2. The van der Waals surface area contributed by atoms with E-state index in [2.05, 4.69) is 21.6 Å². The van der Waals surface area contributed by atoms with Crippen molar-refractivity contribution in [3.8, 4) is 5.88 Å². The summed E-state index contributed by atoms with van der Waals surface area (Å²) < 4.78 is 5.43. The number of rotatable bonds is 3. The van der Waals surface area contributed by atoms with Crippen LogP contribution in [0.3, 0.4) is 0 Å². The van der Waals surface area contributed by atoms with Gasteiger partial charge in [-0.25, -0.2) is 4.98 Å². The van der Waals surface area contributed by atoms with E-state index in [1.165, 1.54) is 30.2 Å². The van der Waals surface area contributed by atoms with Gasteiger partial charge in [-0.05, 0) is 43.7 Å². The Morgan fingerprint density at radius 1 is 1.20 bits per heavy atom. The van der Waals surface area contributed by atoms with E-state index in [0.29, 0.717) is 17.5 Å². The first-order valence-electron chi connectivity index (χ1n) is 9.44. The number of amides is 1. The second-order valence-corrected chi connectivity index (χ2v) is 8.40. The standard InChI is InChI=1S/C19H27N3O2S/c1-24-18-16(13-14-3-2-4-17(14)20-18)19(23)22-7-5-15(6-8-22)21-9-11-25-12-10-21/h13,15H,2-12H2,1H3. The summed E-state index contributed by atoms with van der Waals surface area (Å²) in [6.45, 7) is 4.08. The molecule has 25 heavy (non-hydrogen) atoms. The summed E-state index contributed by atoms with van der Waals surface area (Å²) in [7, 11) is 1.61. The van der Waals surface area contributed by atoms with E-state index < -0.39 is 0 Å². The molecule has 1 amide bonds. The molecule has 0 bridgehead atoms. The van der Waals surface area contributed by atoms with Crippen LogP contribution in [-0.2, 0) is 12.8 Å². The summed E-state index contributed by atoms with van der Waals surface area (Å²) in [6, 6.07) is 2.68. The molecular formula is C19H27N3O2S. The summed E-state index contributed by atoms with van der Waals surface area (Å²) in [4.78, 5) is 22.3. The molecule has 0 unspecified atom stereocenters. The SMILES string of the molecule is COc1nc2c(cc1C(=O)N1CCC(N3CCSCC3)CC1)CCC2. The molecule has 4 rings (SSSR count). The average Bonchev–Trinajstić information content (AvgIpc) is 3.14. The number of ether oxygens (including phenoxy) is 1. The lowest BCUT2D eigenvalue weighted by atomic mass is 10.0. The second kappa shape index (κ2) is 7.54. The zero-order valence-corrected chi connectivity index (χ0v) is 15.8. The fourth-order valence-electron chi connectivity index (χ4n) is 4.31. The van der Waals surface area contributed by atoms with Gasteiger partial charge in [0.05, 0.1) is 7.11 Å². The van der Waals surface area contributed by atoms with Crippen LogP contribution in [0.15, 0.2) is 6.07 Å². The van der Waals surface area contributed by atoms with E-state index in [4.69, 9.17) is 4.74 Å². The van der Waals surface area contributed by atoms with Gasteiger partial charge in [0, 0.05) is 49.4 Å². The normalized spacial score (nSPS) is 22.0. The van der Waals surface area contributed by atoms with Crippen LogP contribution < -0.4 is 4.74 Å². The Bertz CT molecular complexity index is 638. The highest BCUT2D eigenvalue weighted by molar-refractivity contribution is 7.99. The third kappa shape index (κ3) is 3.51. The number of piperidine rings is 1. The summed E-state index contributed by atoms with van der Waals surface area (Å²) in [5, 5.41) is 0. The fourth-order valence-corrected chi connectivity index (χ4v) is 5.24. The Labute approximate surface area is 154 Å². The molecule has 0 saturated carbocycles. The molecule has 0 atom stereocenters. The molecule has 6 heteroatoms. The number of likely N-dealkylation sites (tertiary alicyclic amines) is 1. The van der Waals surface area contributed by atoms with Gasteiger partial charge in [0.25, 0.3) is 5.91 Å². The molecule has 0 N–H and O–H groups in total. The minimum Gasteiger partial charge on any atom is -0.480 e. The molecule has 136 valence electrons. The van der Waals surface area contributed by atoms with Crippen LogP contribution in [-0.4, -0.2) is 71.5 Å². The van der Waals surface area contributed by atoms with Crippen molar-refractivity contribution >= 4 is 17.7 Å². The van der Waals surface area contributed by atoms with E-state index in [1.807, 2.05) is 11.0 Å². The summed E-state index contributed by atoms with van der Waals surface area (Å²) >= 11 is 2.05. The number of fused-ring (bicyclic) bond motifs is 1. The Morgan fingerprint density at radius 3 is 2.68 bits per heavy atom. The maximum Gasteiger partial charge on any atom is 0.259 e. The molecule has 1 aromatic rings. The molecule has 0 spiro atoms. The van der Waals surface area contributed by atoms with Gasteiger partial charge in [0.2, 0.25) is 5.88 Å². The van der Waals surface area contributed by atoms with Crippen LogP contribution in [0, 0.1) is 0 Å². The maximum atomic E-state index is 13.1. The number of carbonyl (C=O) groups is 1. The first-order chi connectivity index (χ1) is 12.3. The molecule has 2 aliphatic heterocycles. The van der Waals surface area contributed by atoms with Gasteiger partial charge in [-0.2, -0.15) is 11.8 Å². The molecule has 2 saturated heterocycles. The van der Waals surface area contributed by atoms with Crippen LogP contribution >= 0.6 is 11.8 Å². The van der Waals surface area contributed by atoms with E-state index in [0.717, 1.165) is 50.9 Å². The highest BCUT2D eigenvalue weighted by atomic mass is 32.2. The molecule has 3 aliphatic rings.